The van der Waals surface area contributed by atoms with E-state index in [4.69, 9.17) is 4.74 Å². The van der Waals surface area contributed by atoms with Crippen LogP contribution < -0.4 is 36.9 Å². The van der Waals surface area contributed by atoms with E-state index in [1.165, 1.54) is 20.2 Å². The molecule has 4 aromatic rings. The van der Waals surface area contributed by atoms with Crippen LogP contribution in [0.3, 0.4) is 0 Å². The van der Waals surface area contributed by atoms with Crippen molar-refractivity contribution in [3.63, 3.8) is 0 Å². The first-order chi connectivity index (χ1) is 29.6. The number of hydrogen-bond donors (Lipinski definition) is 7. The average Bonchev–Trinajstić information content (AvgIpc) is 4.02. The predicted molar refractivity (Wildman–Crippen MR) is 231 cm³/mol. The van der Waals surface area contributed by atoms with Crippen molar-refractivity contribution in [2.75, 3.05) is 20.2 Å². The second-order valence-corrected chi connectivity index (χ2v) is 17.0. The summed E-state index contributed by atoms with van der Waals surface area (Å²) in [6.45, 7) is 8.07. The Morgan fingerprint density at radius 1 is 0.806 bits per heavy atom. The molecule has 1 aliphatic carbocycles. The summed E-state index contributed by atoms with van der Waals surface area (Å²) in [6, 6.07) is 9.02. The molecule has 2 aromatic carbocycles. The van der Waals surface area contributed by atoms with Crippen LogP contribution in [0.2, 0.25) is 0 Å². The van der Waals surface area contributed by atoms with Crippen molar-refractivity contribution in [2.24, 2.45) is 11.8 Å². The van der Waals surface area contributed by atoms with Crippen molar-refractivity contribution >= 4 is 46.3 Å². The van der Waals surface area contributed by atoms with Gasteiger partial charge in [-0.15, -0.1) is 0 Å². The highest BCUT2D eigenvalue weighted by molar-refractivity contribution is 5.98. The Balaban J connectivity index is 1.38. The summed E-state index contributed by atoms with van der Waals surface area (Å²) in [7, 11) is 1.53. The van der Waals surface area contributed by atoms with E-state index >= 15 is 0 Å². The maximum atomic E-state index is 14.5. The standard InChI is InChI=1S/C45H57N9O8/c1-24(2)17-34-43(59)51-35(18-27-11-15-30(62-6)16-12-27)42(58)48-26(5)40(56)52-37(25(3)4)22-54(45(61)32-21-47-39(28-13-14-28)53-41(32)57)23-38(55)49-36(44(60)50-34)19-29-20-46-33-10-8-7-9-31(29)33/h7-12,15-16,20-21,24-26,28,34-37,46H,13-14,17-19,22-23H2,1-6H3,(H,48,58)(H,49,55)(H,50,60)(H,51,59)(H,52,56)(H,47,53,57)/t26-,34+,35+,36-,37-/m1/s1. The largest absolute Gasteiger partial charge is 0.497 e. The van der Waals surface area contributed by atoms with Crippen molar-refractivity contribution in [2.45, 2.75) is 103 Å². The summed E-state index contributed by atoms with van der Waals surface area (Å²) < 4.78 is 5.29. The molecule has 0 spiro atoms. The molecule has 0 radical (unpaired) electrons. The van der Waals surface area contributed by atoms with Crippen LogP contribution in [0.5, 0.6) is 5.75 Å². The molecule has 17 nitrogen and oxygen atoms in total. The molecule has 0 unspecified atom stereocenters. The number of fused-ring (bicyclic) bond motifs is 1. The summed E-state index contributed by atoms with van der Waals surface area (Å²) in [6.07, 6.45) is 4.92. The second kappa shape index (κ2) is 19.9. The fourth-order valence-corrected chi connectivity index (χ4v) is 7.46. The molecule has 6 amide bonds. The zero-order valence-corrected chi connectivity index (χ0v) is 36.0. The van der Waals surface area contributed by atoms with Crippen LogP contribution in [0.25, 0.3) is 10.9 Å². The van der Waals surface area contributed by atoms with Gasteiger partial charge in [0.05, 0.1) is 13.7 Å². The smallest absolute Gasteiger partial charge is 0.263 e. The number of rotatable bonds is 10. The van der Waals surface area contributed by atoms with Gasteiger partial charge >= 0.3 is 0 Å². The average molecular weight is 852 g/mol. The lowest BCUT2D eigenvalue weighted by atomic mass is 9.99. The third kappa shape index (κ3) is 11.4. The lowest BCUT2D eigenvalue weighted by Gasteiger charge is -2.32. The number of hydrogen-bond acceptors (Lipinski definition) is 9. The number of nitrogens with zero attached hydrogens (tertiary/aromatic N) is 2. The SMILES string of the molecule is COc1ccc(C[C@@H]2NC(=O)[C@H](CC(C)C)NC(=O)[C@@H](Cc3c[nH]c4ccccc34)NC(=O)CN(C(=O)c3cnc(C4CC4)[nH]c3=O)C[C@H](C(C)C)NC(=O)[C@@H](C)NC2=O)cc1. The van der Waals surface area contributed by atoms with Crippen molar-refractivity contribution in [1.29, 1.82) is 0 Å². The highest BCUT2D eigenvalue weighted by atomic mass is 16.5. The minimum Gasteiger partial charge on any atom is -0.497 e. The third-order valence-electron chi connectivity index (χ3n) is 11.3. The first-order valence-corrected chi connectivity index (χ1v) is 21.2. The molecule has 62 heavy (non-hydrogen) atoms. The Labute approximate surface area is 359 Å². The van der Waals surface area contributed by atoms with Crippen LogP contribution in [-0.2, 0) is 36.8 Å². The maximum absolute atomic E-state index is 14.5. The predicted octanol–water partition coefficient (Wildman–Crippen LogP) is 2.22. The Hall–Kier alpha value is -6.52. The summed E-state index contributed by atoms with van der Waals surface area (Å²) in [5.41, 5.74) is 1.26. The Kier molecular flexibility index (Phi) is 14.5. The number of amides is 6. The van der Waals surface area contributed by atoms with Crippen LogP contribution in [0.15, 0.2) is 65.7 Å². The first kappa shape index (κ1) is 45.0. The van der Waals surface area contributed by atoms with E-state index in [9.17, 15) is 33.6 Å². The normalized spacial score (nSPS) is 22.3. The van der Waals surface area contributed by atoms with Gasteiger partial charge in [0.15, 0.2) is 0 Å². The molecule has 6 rings (SSSR count). The Morgan fingerprint density at radius 2 is 1.47 bits per heavy atom. The molecule has 2 fully saturated rings. The molecule has 0 bridgehead atoms. The van der Waals surface area contributed by atoms with Gasteiger partial charge in [-0.3, -0.25) is 33.6 Å². The number of aromatic nitrogens is 3. The summed E-state index contributed by atoms with van der Waals surface area (Å²) in [5.74, 6) is -3.27. The molecule has 5 atom stereocenters. The van der Waals surface area contributed by atoms with E-state index in [2.05, 4.69) is 41.5 Å². The van der Waals surface area contributed by atoms with Crippen LogP contribution in [0.1, 0.15) is 87.1 Å². The van der Waals surface area contributed by atoms with Crippen molar-refractivity contribution < 1.29 is 33.5 Å². The highest BCUT2D eigenvalue weighted by Crippen LogP contribution is 2.37. The topological polar surface area (TPSA) is 237 Å². The van der Waals surface area contributed by atoms with E-state index < -0.39 is 77.8 Å². The van der Waals surface area contributed by atoms with Crippen LogP contribution >= 0.6 is 0 Å². The molecular formula is C45H57N9O8. The number of methoxy groups -OCH3 is 1. The summed E-state index contributed by atoms with van der Waals surface area (Å²) in [5, 5.41) is 15.0. The first-order valence-electron chi connectivity index (χ1n) is 21.2. The third-order valence-corrected chi connectivity index (χ3v) is 11.3. The van der Waals surface area contributed by atoms with Gasteiger partial charge in [0.1, 0.15) is 41.3 Å². The highest BCUT2D eigenvalue weighted by Gasteiger charge is 2.35. The number of aromatic amines is 2. The van der Waals surface area contributed by atoms with E-state index in [1.54, 1.807) is 30.5 Å². The minimum absolute atomic E-state index is 0.00281. The fourth-order valence-electron chi connectivity index (χ4n) is 7.46. The van der Waals surface area contributed by atoms with E-state index in [0.29, 0.717) is 22.7 Å². The number of carbonyl (C=O) groups excluding carboxylic acids is 6. The number of para-hydroxylation sites is 1. The maximum Gasteiger partial charge on any atom is 0.263 e. The quantitative estimate of drug-likeness (QED) is 0.124. The van der Waals surface area contributed by atoms with Gasteiger partial charge in [-0.25, -0.2) is 4.98 Å². The molecule has 1 saturated carbocycles. The van der Waals surface area contributed by atoms with Crippen LogP contribution in [0, 0.1) is 11.8 Å². The molecule has 1 saturated heterocycles. The molecule has 3 heterocycles. The Bertz CT molecular complexity index is 2330. The van der Waals surface area contributed by atoms with Crippen LogP contribution in [-0.4, -0.2) is 106 Å². The van der Waals surface area contributed by atoms with Gasteiger partial charge in [-0.1, -0.05) is 58.0 Å². The van der Waals surface area contributed by atoms with Gasteiger partial charge in [-0.05, 0) is 67.3 Å². The van der Waals surface area contributed by atoms with Gasteiger partial charge in [0, 0.05) is 54.6 Å². The number of H-pyrrole nitrogens is 2. The zero-order valence-electron chi connectivity index (χ0n) is 36.0. The van der Waals surface area contributed by atoms with Crippen molar-refractivity contribution in [3.8, 4) is 5.75 Å². The van der Waals surface area contributed by atoms with E-state index in [-0.39, 0.29) is 49.1 Å². The number of carbonyl (C=O) groups is 6. The molecule has 2 aromatic heterocycles. The number of benzene rings is 2. The lowest BCUT2D eigenvalue weighted by Crippen LogP contribution is -2.60. The van der Waals surface area contributed by atoms with Crippen LogP contribution in [0.4, 0.5) is 0 Å². The monoisotopic (exact) mass is 851 g/mol. The Morgan fingerprint density at radius 3 is 2.13 bits per heavy atom. The molecule has 7 N–H and O–H groups in total. The second-order valence-electron chi connectivity index (χ2n) is 17.0. The van der Waals surface area contributed by atoms with Gasteiger partial charge < -0.3 is 46.2 Å². The number of ether oxygens (including phenoxy) is 1. The van der Waals surface area contributed by atoms with Crippen molar-refractivity contribution in [3.05, 3.63) is 93.8 Å². The minimum atomic E-state index is -1.25. The lowest BCUT2D eigenvalue weighted by molar-refractivity contribution is -0.135. The van der Waals surface area contributed by atoms with E-state index in [1.807, 2.05) is 52.0 Å². The van der Waals surface area contributed by atoms with Gasteiger partial charge in [0.2, 0.25) is 29.5 Å². The van der Waals surface area contributed by atoms with Crippen molar-refractivity contribution in [1.82, 2.24) is 46.4 Å². The number of nitrogens with one attached hydrogen (secondary N) is 7. The fraction of sp³-hybridized carbons (Fsp3) is 0.467. The van der Waals surface area contributed by atoms with Gasteiger partial charge in [-0.2, -0.15) is 0 Å². The van der Waals surface area contributed by atoms with Gasteiger partial charge in [0.25, 0.3) is 11.5 Å². The molecule has 17 heteroatoms. The van der Waals surface area contributed by atoms with E-state index in [0.717, 1.165) is 28.6 Å². The summed E-state index contributed by atoms with van der Waals surface area (Å²) >= 11 is 0. The molecule has 1 aliphatic heterocycles. The zero-order chi connectivity index (χ0) is 44.7. The molecule has 2 aliphatic rings. The molecular weight excluding hydrogens is 795 g/mol. The molecule has 330 valence electrons. The summed E-state index contributed by atoms with van der Waals surface area (Å²) in [4.78, 5) is 110.